The number of aromatic nitrogens is 3. The topological polar surface area (TPSA) is 74.2 Å². The van der Waals surface area contributed by atoms with E-state index < -0.39 is 0 Å². The number of hydrogen-bond donors (Lipinski definition) is 1. The number of rotatable bonds is 3. The quantitative estimate of drug-likeness (QED) is 0.929. The van der Waals surface area contributed by atoms with Gasteiger partial charge in [-0.15, -0.1) is 0 Å². The Morgan fingerprint density at radius 1 is 1.09 bits per heavy atom. The molecule has 7 heteroatoms. The highest BCUT2D eigenvalue weighted by Gasteiger charge is 2.23. The van der Waals surface area contributed by atoms with Gasteiger partial charge in [-0.2, -0.15) is 0 Å². The summed E-state index contributed by atoms with van der Waals surface area (Å²) in [5.74, 6) is 0.859. The zero-order valence-electron chi connectivity index (χ0n) is 13.1. The molecule has 120 valence electrons. The van der Waals surface area contributed by atoms with E-state index in [1.165, 1.54) is 0 Å². The van der Waals surface area contributed by atoms with Crippen LogP contribution in [0.3, 0.4) is 0 Å². The molecule has 23 heavy (non-hydrogen) atoms. The molecule has 0 bridgehead atoms. The molecule has 3 rings (SSSR count). The van der Waals surface area contributed by atoms with Crippen LogP contribution in [0.5, 0.6) is 0 Å². The maximum Gasteiger partial charge on any atom is 0.317 e. The van der Waals surface area contributed by atoms with Gasteiger partial charge in [-0.3, -0.25) is 9.97 Å². The third kappa shape index (κ3) is 3.74. The number of piperazine rings is 1. The first kappa shape index (κ1) is 15.2. The first-order chi connectivity index (χ1) is 11.2. The van der Waals surface area contributed by atoms with Crippen molar-refractivity contribution in [2.45, 2.75) is 13.0 Å². The molecule has 1 saturated heterocycles. The van der Waals surface area contributed by atoms with Crippen molar-refractivity contribution >= 4 is 11.8 Å². The normalized spacial score (nSPS) is 16.0. The van der Waals surface area contributed by atoms with Crippen molar-refractivity contribution in [3.8, 4) is 0 Å². The van der Waals surface area contributed by atoms with Gasteiger partial charge in [0.05, 0.1) is 12.2 Å². The number of urea groups is 1. The fourth-order valence-electron chi connectivity index (χ4n) is 2.61. The molecule has 2 aromatic rings. The number of nitrogens with one attached hydrogen (secondary N) is 1. The van der Waals surface area contributed by atoms with E-state index in [4.69, 9.17) is 0 Å². The number of amides is 2. The highest BCUT2D eigenvalue weighted by Crippen LogP contribution is 2.14. The van der Waals surface area contributed by atoms with E-state index in [0.717, 1.165) is 24.5 Å². The van der Waals surface area contributed by atoms with Crippen LogP contribution >= 0.6 is 0 Å². The average Bonchev–Trinajstić information content (AvgIpc) is 2.63. The van der Waals surface area contributed by atoms with Crippen LogP contribution in [0.25, 0.3) is 0 Å². The Kier molecular flexibility index (Phi) is 4.65. The molecule has 3 heterocycles. The average molecular weight is 312 g/mol. The second kappa shape index (κ2) is 7.04. The van der Waals surface area contributed by atoms with Crippen LogP contribution in [0.15, 0.2) is 43.1 Å². The van der Waals surface area contributed by atoms with E-state index in [9.17, 15) is 4.79 Å². The SMILES string of the molecule is CC(NC(=O)N1CCN(c2cnccn2)CC1)c1ccncc1. The largest absolute Gasteiger partial charge is 0.352 e. The van der Waals surface area contributed by atoms with E-state index in [1.807, 2.05) is 24.0 Å². The predicted molar refractivity (Wildman–Crippen MR) is 87.0 cm³/mol. The van der Waals surface area contributed by atoms with Gasteiger partial charge in [0.25, 0.3) is 0 Å². The maximum absolute atomic E-state index is 12.4. The molecule has 0 saturated carbocycles. The van der Waals surface area contributed by atoms with E-state index in [0.29, 0.717) is 13.1 Å². The number of carbonyl (C=O) groups excluding carboxylic acids is 1. The molecule has 7 nitrogen and oxygen atoms in total. The van der Waals surface area contributed by atoms with Crippen LogP contribution in [0.1, 0.15) is 18.5 Å². The number of pyridine rings is 1. The Hall–Kier alpha value is -2.70. The van der Waals surface area contributed by atoms with E-state index in [2.05, 4.69) is 25.2 Å². The van der Waals surface area contributed by atoms with Crippen LogP contribution in [-0.2, 0) is 0 Å². The Balaban J connectivity index is 1.52. The molecule has 1 atom stereocenters. The van der Waals surface area contributed by atoms with Crippen molar-refractivity contribution in [1.29, 1.82) is 0 Å². The van der Waals surface area contributed by atoms with Gasteiger partial charge in [0.2, 0.25) is 0 Å². The Morgan fingerprint density at radius 3 is 2.48 bits per heavy atom. The predicted octanol–water partition coefficient (Wildman–Crippen LogP) is 1.46. The molecule has 0 aliphatic carbocycles. The summed E-state index contributed by atoms with van der Waals surface area (Å²) in [6.45, 7) is 4.84. The smallest absolute Gasteiger partial charge is 0.317 e. The van der Waals surface area contributed by atoms with E-state index in [1.54, 1.807) is 31.0 Å². The van der Waals surface area contributed by atoms with Crippen molar-refractivity contribution in [2.75, 3.05) is 31.1 Å². The number of carbonyl (C=O) groups is 1. The van der Waals surface area contributed by atoms with Crippen molar-refractivity contribution in [3.63, 3.8) is 0 Å². The summed E-state index contributed by atoms with van der Waals surface area (Å²) in [6.07, 6.45) is 8.56. The number of hydrogen-bond acceptors (Lipinski definition) is 5. The lowest BCUT2D eigenvalue weighted by Gasteiger charge is -2.35. The Morgan fingerprint density at radius 2 is 1.83 bits per heavy atom. The summed E-state index contributed by atoms with van der Waals surface area (Å²) in [6, 6.07) is 3.75. The molecule has 0 aromatic carbocycles. The highest BCUT2D eigenvalue weighted by molar-refractivity contribution is 5.75. The Bertz CT molecular complexity index is 628. The molecular formula is C16H20N6O. The van der Waals surface area contributed by atoms with Gasteiger partial charge in [0.1, 0.15) is 5.82 Å². The molecular weight excluding hydrogens is 292 g/mol. The monoisotopic (exact) mass is 312 g/mol. The van der Waals surface area contributed by atoms with Gasteiger partial charge in [0, 0.05) is 51.0 Å². The fraction of sp³-hybridized carbons (Fsp3) is 0.375. The maximum atomic E-state index is 12.4. The van der Waals surface area contributed by atoms with Gasteiger partial charge < -0.3 is 15.1 Å². The van der Waals surface area contributed by atoms with Crippen LogP contribution < -0.4 is 10.2 Å². The van der Waals surface area contributed by atoms with E-state index in [-0.39, 0.29) is 12.1 Å². The highest BCUT2D eigenvalue weighted by atomic mass is 16.2. The molecule has 0 radical (unpaired) electrons. The zero-order chi connectivity index (χ0) is 16.1. The minimum absolute atomic E-state index is 0.0342. The molecule has 1 N–H and O–H groups in total. The summed E-state index contributed by atoms with van der Waals surface area (Å²) in [5, 5.41) is 3.03. The number of anilines is 1. The van der Waals surface area contributed by atoms with Gasteiger partial charge in [-0.1, -0.05) is 0 Å². The van der Waals surface area contributed by atoms with Gasteiger partial charge in [-0.05, 0) is 24.6 Å². The lowest BCUT2D eigenvalue weighted by atomic mass is 10.1. The first-order valence-electron chi connectivity index (χ1n) is 7.70. The first-order valence-corrected chi connectivity index (χ1v) is 7.70. The summed E-state index contributed by atoms with van der Waals surface area (Å²) in [5.41, 5.74) is 1.05. The molecule has 0 spiro atoms. The van der Waals surface area contributed by atoms with Crippen LogP contribution in [-0.4, -0.2) is 52.1 Å². The van der Waals surface area contributed by atoms with Crippen molar-refractivity contribution in [3.05, 3.63) is 48.7 Å². The Labute approximate surface area is 135 Å². The molecule has 1 aliphatic heterocycles. The summed E-state index contributed by atoms with van der Waals surface area (Å²) in [7, 11) is 0. The van der Waals surface area contributed by atoms with Crippen molar-refractivity contribution in [2.24, 2.45) is 0 Å². The zero-order valence-corrected chi connectivity index (χ0v) is 13.1. The fourth-order valence-corrected chi connectivity index (χ4v) is 2.61. The van der Waals surface area contributed by atoms with Gasteiger partial charge in [-0.25, -0.2) is 9.78 Å². The molecule has 1 aliphatic rings. The third-order valence-electron chi connectivity index (χ3n) is 3.99. The van der Waals surface area contributed by atoms with Crippen LogP contribution in [0.2, 0.25) is 0 Å². The third-order valence-corrected chi connectivity index (χ3v) is 3.99. The van der Waals surface area contributed by atoms with E-state index >= 15 is 0 Å². The molecule has 2 amide bonds. The van der Waals surface area contributed by atoms with Crippen molar-refractivity contribution in [1.82, 2.24) is 25.2 Å². The lowest BCUT2D eigenvalue weighted by molar-refractivity contribution is 0.191. The molecule has 1 fully saturated rings. The number of nitrogens with zero attached hydrogens (tertiary/aromatic N) is 5. The van der Waals surface area contributed by atoms with Crippen molar-refractivity contribution < 1.29 is 4.79 Å². The summed E-state index contributed by atoms with van der Waals surface area (Å²) >= 11 is 0. The second-order valence-corrected chi connectivity index (χ2v) is 5.49. The summed E-state index contributed by atoms with van der Waals surface area (Å²) in [4.78, 5) is 28.7. The minimum atomic E-state index is -0.0384. The lowest BCUT2D eigenvalue weighted by Crippen LogP contribution is -2.52. The van der Waals surface area contributed by atoms with Crippen LogP contribution in [0, 0.1) is 0 Å². The summed E-state index contributed by atoms with van der Waals surface area (Å²) < 4.78 is 0. The molecule has 2 aromatic heterocycles. The second-order valence-electron chi connectivity index (χ2n) is 5.49. The van der Waals surface area contributed by atoms with Gasteiger partial charge >= 0.3 is 6.03 Å². The molecule has 1 unspecified atom stereocenters. The van der Waals surface area contributed by atoms with Gasteiger partial charge in [0.15, 0.2) is 0 Å². The standard InChI is InChI=1S/C16H20N6O/c1-13(14-2-4-17-5-3-14)20-16(23)22-10-8-21(9-11-22)15-12-18-6-7-19-15/h2-7,12-13H,8-11H2,1H3,(H,20,23). The minimum Gasteiger partial charge on any atom is -0.352 e. The van der Waals surface area contributed by atoms with Crippen LogP contribution in [0.4, 0.5) is 10.6 Å².